The quantitative estimate of drug-likeness (QED) is 0.0262. The van der Waals surface area contributed by atoms with Gasteiger partial charge in [-0.2, -0.15) is 0 Å². The number of esters is 3. The second-order valence-electron chi connectivity index (χ2n) is 19.5. The van der Waals surface area contributed by atoms with E-state index in [0.717, 1.165) is 96.3 Å². The van der Waals surface area contributed by atoms with Crippen molar-refractivity contribution < 1.29 is 28.6 Å². The molecule has 0 aromatic carbocycles. The molecule has 0 bridgehead atoms. The fourth-order valence-electron chi connectivity index (χ4n) is 8.37. The van der Waals surface area contributed by atoms with Crippen LogP contribution in [-0.4, -0.2) is 37.2 Å². The number of carbonyl (C=O) groups is 3. The molecule has 6 heteroatoms. The molecule has 0 heterocycles. The molecule has 0 fully saturated rings. The molecule has 6 nitrogen and oxygen atoms in total. The highest BCUT2D eigenvalue weighted by atomic mass is 16.6. The van der Waals surface area contributed by atoms with Gasteiger partial charge in [-0.05, 0) is 83.5 Å². The Bertz CT molecular complexity index is 1230. The highest BCUT2D eigenvalue weighted by Crippen LogP contribution is 2.16. The molecule has 0 aromatic rings. The average Bonchev–Trinajstić information content (AvgIpc) is 3.34. The molecule has 0 saturated heterocycles. The van der Waals surface area contributed by atoms with Gasteiger partial charge in [-0.25, -0.2) is 0 Å². The molecule has 0 amide bonds. The lowest BCUT2D eigenvalue weighted by atomic mass is 10.0. The second-order valence-corrected chi connectivity index (χ2v) is 19.5. The minimum Gasteiger partial charge on any atom is -0.462 e. The maximum absolute atomic E-state index is 12.8. The third-order valence-corrected chi connectivity index (χ3v) is 12.8. The zero-order valence-corrected chi connectivity index (χ0v) is 45.1. The van der Waals surface area contributed by atoms with Crippen LogP contribution in [0.3, 0.4) is 0 Å². The first kappa shape index (κ1) is 65.1. The molecule has 1 atom stereocenters. The Kier molecular flexibility index (Phi) is 54.3. The van der Waals surface area contributed by atoms with Crippen LogP contribution in [0, 0.1) is 0 Å². The van der Waals surface area contributed by atoms with Gasteiger partial charge in [0.15, 0.2) is 6.10 Å². The van der Waals surface area contributed by atoms with Gasteiger partial charge in [0, 0.05) is 19.3 Å². The van der Waals surface area contributed by atoms with Crippen LogP contribution < -0.4 is 0 Å². The minimum atomic E-state index is -0.774. The number of hydrogen-bond acceptors (Lipinski definition) is 6. The lowest BCUT2D eigenvalue weighted by Gasteiger charge is -2.18. The molecule has 0 aliphatic carbocycles. The molecular weight excluding hydrogens is 841 g/mol. The van der Waals surface area contributed by atoms with Gasteiger partial charge < -0.3 is 14.2 Å². The van der Waals surface area contributed by atoms with E-state index in [-0.39, 0.29) is 31.1 Å². The van der Waals surface area contributed by atoms with Crippen LogP contribution in [0.15, 0.2) is 60.8 Å². The topological polar surface area (TPSA) is 78.9 Å². The zero-order valence-electron chi connectivity index (χ0n) is 45.1. The lowest BCUT2D eigenvalue weighted by Crippen LogP contribution is -2.30. The van der Waals surface area contributed by atoms with E-state index in [1.807, 2.05) is 0 Å². The molecular formula is C62H110O6. The monoisotopic (exact) mass is 951 g/mol. The maximum Gasteiger partial charge on any atom is 0.306 e. The van der Waals surface area contributed by atoms with Crippen molar-refractivity contribution in [2.75, 3.05) is 13.2 Å². The summed E-state index contributed by atoms with van der Waals surface area (Å²) in [4.78, 5) is 38.0. The van der Waals surface area contributed by atoms with Gasteiger partial charge in [0.1, 0.15) is 13.2 Å². The Morgan fingerprint density at radius 1 is 0.309 bits per heavy atom. The Labute approximate surface area is 421 Å². The van der Waals surface area contributed by atoms with Crippen molar-refractivity contribution in [2.45, 2.75) is 303 Å². The van der Waals surface area contributed by atoms with E-state index in [4.69, 9.17) is 14.2 Å². The largest absolute Gasteiger partial charge is 0.462 e. The fourth-order valence-corrected chi connectivity index (χ4v) is 8.37. The first-order valence-corrected chi connectivity index (χ1v) is 29.3. The highest BCUT2D eigenvalue weighted by Gasteiger charge is 2.19. The SMILES string of the molecule is CC/C=C\C/C=C\C/C=C\C/C=C\CCCCCCCCCCCCCCCCC(=O)OCC(COC(=O)CCCCCCCCCCCCC)OC(=O)CCCCCCC/C=C\CCCCC. The summed E-state index contributed by atoms with van der Waals surface area (Å²) in [6.45, 7) is 6.51. The van der Waals surface area contributed by atoms with Gasteiger partial charge in [0.2, 0.25) is 0 Å². The first-order valence-electron chi connectivity index (χ1n) is 29.3. The van der Waals surface area contributed by atoms with E-state index >= 15 is 0 Å². The Balaban J connectivity index is 4.16. The number of ether oxygens (including phenoxy) is 3. The van der Waals surface area contributed by atoms with Crippen LogP contribution in [0.25, 0.3) is 0 Å². The smallest absolute Gasteiger partial charge is 0.306 e. The normalized spacial score (nSPS) is 12.5. The molecule has 68 heavy (non-hydrogen) atoms. The summed E-state index contributed by atoms with van der Waals surface area (Å²) in [6, 6.07) is 0. The maximum atomic E-state index is 12.8. The molecule has 0 N–H and O–H groups in total. The standard InChI is InChI=1S/C62H110O6/c1-4-7-10-13-16-19-22-24-25-26-27-28-29-30-31-32-33-34-35-36-37-38-41-43-46-49-52-55-61(64)67-58-59(57-66-60(63)54-51-48-45-42-39-21-18-15-12-9-6-3)68-62(65)56-53-50-47-44-40-23-20-17-14-11-8-5-2/h7,10,16-17,19-20,24-25,27-28,59H,4-6,8-9,11-15,18,21-23,26,29-58H2,1-3H3/b10-7-,19-16-,20-17-,25-24-,28-27-. The van der Waals surface area contributed by atoms with Crippen molar-refractivity contribution in [1.82, 2.24) is 0 Å². The van der Waals surface area contributed by atoms with E-state index in [1.165, 1.54) is 161 Å². The third-order valence-electron chi connectivity index (χ3n) is 12.8. The molecule has 0 aromatic heterocycles. The van der Waals surface area contributed by atoms with Gasteiger partial charge in [0.25, 0.3) is 0 Å². The van der Waals surface area contributed by atoms with Gasteiger partial charge in [-0.15, -0.1) is 0 Å². The van der Waals surface area contributed by atoms with Crippen molar-refractivity contribution >= 4 is 17.9 Å². The van der Waals surface area contributed by atoms with Crippen LogP contribution in [0.2, 0.25) is 0 Å². The number of carbonyl (C=O) groups excluding carboxylic acids is 3. The summed E-state index contributed by atoms with van der Waals surface area (Å²) in [7, 11) is 0. The van der Waals surface area contributed by atoms with Crippen LogP contribution in [0.1, 0.15) is 297 Å². The predicted octanol–water partition coefficient (Wildman–Crippen LogP) is 19.6. The predicted molar refractivity (Wildman–Crippen MR) is 293 cm³/mol. The summed E-state index contributed by atoms with van der Waals surface area (Å²) >= 11 is 0. The number of hydrogen-bond donors (Lipinski definition) is 0. The van der Waals surface area contributed by atoms with Gasteiger partial charge in [-0.3, -0.25) is 14.4 Å². The Hall–Kier alpha value is -2.89. The van der Waals surface area contributed by atoms with E-state index in [0.29, 0.717) is 19.3 Å². The second kappa shape index (κ2) is 56.7. The van der Waals surface area contributed by atoms with Crippen molar-refractivity contribution in [2.24, 2.45) is 0 Å². The number of rotatable bonds is 53. The van der Waals surface area contributed by atoms with Gasteiger partial charge in [0.05, 0.1) is 0 Å². The minimum absolute atomic E-state index is 0.0738. The third kappa shape index (κ3) is 54.1. The number of allylic oxidation sites excluding steroid dienone is 10. The van der Waals surface area contributed by atoms with Crippen LogP contribution in [-0.2, 0) is 28.6 Å². The summed E-state index contributed by atoms with van der Waals surface area (Å²) in [5.74, 6) is -0.873. The average molecular weight is 952 g/mol. The van der Waals surface area contributed by atoms with Crippen molar-refractivity contribution in [1.29, 1.82) is 0 Å². The lowest BCUT2D eigenvalue weighted by molar-refractivity contribution is -0.167. The van der Waals surface area contributed by atoms with Crippen LogP contribution in [0.5, 0.6) is 0 Å². The molecule has 0 radical (unpaired) electrons. The molecule has 0 spiro atoms. The van der Waals surface area contributed by atoms with Crippen molar-refractivity contribution in [3.63, 3.8) is 0 Å². The zero-order chi connectivity index (χ0) is 49.3. The molecule has 0 rings (SSSR count). The fraction of sp³-hybridized carbons (Fsp3) is 0.790. The van der Waals surface area contributed by atoms with E-state index in [9.17, 15) is 14.4 Å². The highest BCUT2D eigenvalue weighted by molar-refractivity contribution is 5.71. The molecule has 0 aliphatic heterocycles. The summed E-state index contributed by atoms with van der Waals surface area (Å²) in [6.07, 6.45) is 70.8. The van der Waals surface area contributed by atoms with Crippen molar-refractivity contribution in [3.05, 3.63) is 60.8 Å². The summed E-state index contributed by atoms with van der Waals surface area (Å²) in [5, 5.41) is 0. The number of unbranched alkanes of at least 4 members (excludes halogenated alkanes) is 32. The van der Waals surface area contributed by atoms with Gasteiger partial charge >= 0.3 is 17.9 Å². The van der Waals surface area contributed by atoms with Gasteiger partial charge in [-0.1, -0.05) is 255 Å². The molecule has 1 unspecified atom stereocenters. The summed E-state index contributed by atoms with van der Waals surface area (Å²) < 4.78 is 16.8. The van der Waals surface area contributed by atoms with Crippen molar-refractivity contribution in [3.8, 4) is 0 Å². The summed E-state index contributed by atoms with van der Waals surface area (Å²) in [5.41, 5.74) is 0. The van der Waals surface area contributed by atoms with Crippen LogP contribution in [0.4, 0.5) is 0 Å². The Morgan fingerprint density at radius 3 is 0.941 bits per heavy atom. The first-order chi connectivity index (χ1) is 33.5. The molecule has 0 aliphatic rings. The molecule has 394 valence electrons. The van der Waals surface area contributed by atoms with E-state index < -0.39 is 6.10 Å². The Morgan fingerprint density at radius 2 is 0.574 bits per heavy atom. The molecule has 0 saturated carbocycles. The van der Waals surface area contributed by atoms with E-state index in [2.05, 4.69) is 81.5 Å². The van der Waals surface area contributed by atoms with Crippen LogP contribution >= 0.6 is 0 Å². The van der Waals surface area contributed by atoms with E-state index in [1.54, 1.807) is 0 Å².